The number of carbonyl (C=O) groups is 1. The number of rotatable bonds is 3. The van der Waals surface area contributed by atoms with Gasteiger partial charge in [0, 0.05) is 6.20 Å². The van der Waals surface area contributed by atoms with Gasteiger partial charge in [-0.25, -0.2) is 9.78 Å². The third-order valence-electron chi connectivity index (χ3n) is 2.56. The molecule has 0 unspecified atom stereocenters. The second-order valence-corrected chi connectivity index (χ2v) is 3.82. The highest BCUT2D eigenvalue weighted by Crippen LogP contribution is 2.27. The summed E-state index contributed by atoms with van der Waals surface area (Å²) in [6.07, 6.45) is 1.51. The van der Waals surface area contributed by atoms with Gasteiger partial charge in [-0.3, -0.25) is 0 Å². The lowest BCUT2D eigenvalue weighted by Crippen LogP contribution is -2.01. The minimum atomic E-state index is -1.10. The molecule has 94 valence electrons. The molecule has 1 aromatic heterocycles. The zero-order chi connectivity index (χ0) is 13.8. The standard InChI is InChI=1S/C14H10N2O3/c1-9-6-7-16-13(11(9)8-15)19-12-5-3-2-4-10(12)14(17)18/h2-7H,1H3,(H,17,18). The molecule has 0 fully saturated rings. The van der Waals surface area contributed by atoms with E-state index >= 15 is 0 Å². The van der Waals surface area contributed by atoms with E-state index in [1.807, 2.05) is 6.07 Å². The first-order valence-electron chi connectivity index (χ1n) is 5.49. The van der Waals surface area contributed by atoms with Crippen LogP contribution >= 0.6 is 0 Å². The number of aromatic nitrogens is 1. The van der Waals surface area contributed by atoms with Crippen LogP contribution in [0.4, 0.5) is 0 Å². The van der Waals surface area contributed by atoms with Gasteiger partial charge in [0.2, 0.25) is 5.88 Å². The molecule has 0 amide bonds. The molecule has 0 aliphatic rings. The van der Waals surface area contributed by atoms with Crippen LogP contribution in [-0.2, 0) is 0 Å². The monoisotopic (exact) mass is 254 g/mol. The molecule has 19 heavy (non-hydrogen) atoms. The van der Waals surface area contributed by atoms with Crippen molar-refractivity contribution >= 4 is 5.97 Å². The Hall–Kier alpha value is -2.87. The van der Waals surface area contributed by atoms with Crippen molar-refractivity contribution < 1.29 is 14.6 Å². The lowest BCUT2D eigenvalue weighted by molar-refractivity contribution is 0.0694. The Kier molecular flexibility index (Phi) is 3.44. The molecule has 5 nitrogen and oxygen atoms in total. The fourth-order valence-corrected chi connectivity index (χ4v) is 1.58. The van der Waals surface area contributed by atoms with Crippen molar-refractivity contribution in [1.82, 2.24) is 4.98 Å². The van der Waals surface area contributed by atoms with Gasteiger partial charge in [0.1, 0.15) is 22.9 Å². The van der Waals surface area contributed by atoms with Crippen LogP contribution in [0.1, 0.15) is 21.5 Å². The zero-order valence-corrected chi connectivity index (χ0v) is 10.1. The maximum absolute atomic E-state index is 11.1. The van der Waals surface area contributed by atoms with E-state index in [0.717, 1.165) is 5.56 Å². The third-order valence-corrected chi connectivity index (χ3v) is 2.56. The van der Waals surface area contributed by atoms with Crippen molar-refractivity contribution in [3.05, 3.63) is 53.2 Å². The predicted octanol–water partition coefficient (Wildman–Crippen LogP) is 2.75. The number of carboxylic acid groups (broad SMARTS) is 1. The summed E-state index contributed by atoms with van der Waals surface area (Å²) < 4.78 is 5.46. The van der Waals surface area contributed by atoms with Crippen LogP contribution in [0, 0.1) is 18.3 Å². The number of benzene rings is 1. The maximum atomic E-state index is 11.1. The summed E-state index contributed by atoms with van der Waals surface area (Å²) in [6, 6.07) is 9.90. The Morgan fingerprint density at radius 3 is 2.79 bits per heavy atom. The highest BCUT2D eigenvalue weighted by atomic mass is 16.5. The number of aryl methyl sites for hydroxylation is 1. The van der Waals surface area contributed by atoms with E-state index in [1.54, 1.807) is 25.1 Å². The van der Waals surface area contributed by atoms with Crippen LogP contribution in [0.15, 0.2) is 36.5 Å². The molecule has 0 aliphatic carbocycles. The van der Waals surface area contributed by atoms with E-state index in [9.17, 15) is 4.79 Å². The number of nitriles is 1. The summed E-state index contributed by atoms with van der Waals surface area (Å²) in [5.74, 6) is -0.831. The van der Waals surface area contributed by atoms with Crippen molar-refractivity contribution in [1.29, 1.82) is 5.26 Å². The molecule has 0 saturated heterocycles. The first-order chi connectivity index (χ1) is 9.13. The number of ether oxygens (including phenoxy) is 1. The Bertz CT molecular complexity index is 675. The molecule has 0 spiro atoms. The second kappa shape index (κ2) is 5.19. The Morgan fingerprint density at radius 2 is 2.11 bits per heavy atom. The minimum Gasteiger partial charge on any atom is -0.478 e. The van der Waals surface area contributed by atoms with Gasteiger partial charge in [-0.05, 0) is 30.7 Å². The van der Waals surface area contributed by atoms with E-state index in [2.05, 4.69) is 4.98 Å². The Balaban J connectivity index is 2.46. The average molecular weight is 254 g/mol. The SMILES string of the molecule is Cc1ccnc(Oc2ccccc2C(=O)O)c1C#N. The molecular formula is C14H10N2O3. The van der Waals surface area contributed by atoms with Crippen molar-refractivity contribution in [3.63, 3.8) is 0 Å². The number of nitrogens with zero attached hydrogens (tertiary/aromatic N) is 2. The van der Waals surface area contributed by atoms with Gasteiger partial charge in [0.15, 0.2) is 0 Å². The quantitative estimate of drug-likeness (QED) is 0.910. The van der Waals surface area contributed by atoms with Gasteiger partial charge < -0.3 is 9.84 Å². The van der Waals surface area contributed by atoms with E-state index < -0.39 is 5.97 Å². The topological polar surface area (TPSA) is 83.2 Å². The third kappa shape index (κ3) is 2.53. The van der Waals surface area contributed by atoms with Crippen molar-refractivity contribution in [2.24, 2.45) is 0 Å². The number of aromatic carboxylic acids is 1. The van der Waals surface area contributed by atoms with Gasteiger partial charge >= 0.3 is 5.97 Å². The first-order valence-corrected chi connectivity index (χ1v) is 5.49. The van der Waals surface area contributed by atoms with E-state index in [4.69, 9.17) is 15.1 Å². The fraction of sp³-hybridized carbons (Fsp3) is 0.0714. The summed E-state index contributed by atoms with van der Waals surface area (Å²) in [5, 5.41) is 18.1. The van der Waals surface area contributed by atoms with Crippen LogP contribution in [-0.4, -0.2) is 16.1 Å². The molecule has 2 rings (SSSR count). The predicted molar refractivity (Wildman–Crippen MR) is 67.2 cm³/mol. The van der Waals surface area contributed by atoms with Gasteiger partial charge in [-0.2, -0.15) is 5.26 Å². The van der Waals surface area contributed by atoms with E-state index in [-0.39, 0.29) is 17.2 Å². The minimum absolute atomic E-state index is 0.0229. The van der Waals surface area contributed by atoms with Crippen molar-refractivity contribution in [2.75, 3.05) is 0 Å². The Labute approximate surface area is 109 Å². The molecule has 5 heteroatoms. The molecule has 2 aromatic rings. The van der Waals surface area contributed by atoms with Crippen LogP contribution in [0.2, 0.25) is 0 Å². The van der Waals surface area contributed by atoms with Crippen LogP contribution in [0.25, 0.3) is 0 Å². The number of pyridine rings is 1. The van der Waals surface area contributed by atoms with Gasteiger partial charge in [0.05, 0.1) is 0 Å². The molecule has 1 N–H and O–H groups in total. The second-order valence-electron chi connectivity index (χ2n) is 3.82. The molecule has 1 heterocycles. The van der Waals surface area contributed by atoms with Gasteiger partial charge in [-0.15, -0.1) is 0 Å². The van der Waals surface area contributed by atoms with Gasteiger partial charge in [-0.1, -0.05) is 12.1 Å². The highest BCUT2D eigenvalue weighted by Gasteiger charge is 2.14. The van der Waals surface area contributed by atoms with Crippen molar-refractivity contribution in [3.8, 4) is 17.7 Å². The van der Waals surface area contributed by atoms with Gasteiger partial charge in [0.25, 0.3) is 0 Å². The smallest absolute Gasteiger partial charge is 0.339 e. The highest BCUT2D eigenvalue weighted by molar-refractivity contribution is 5.90. The van der Waals surface area contributed by atoms with E-state index in [0.29, 0.717) is 5.56 Å². The molecule has 0 saturated carbocycles. The summed E-state index contributed by atoms with van der Waals surface area (Å²) in [6.45, 7) is 1.76. The summed E-state index contributed by atoms with van der Waals surface area (Å²) >= 11 is 0. The molecule has 0 atom stereocenters. The average Bonchev–Trinajstić information content (AvgIpc) is 2.39. The molecule has 0 bridgehead atoms. The van der Waals surface area contributed by atoms with Crippen molar-refractivity contribution in [2.45, 2.75) is 6.92 Å². The lowest BCUT2D eigenvalue weighted by Gasteiger charge is -2.09. The number of hydrogen-bond donors (Lipinski definition) is 1. The summed E-state index contributed by atoms with van der Waals surface area (Å²) in [7, 11) is 0. The Morgan fingerprint density at radius 1 is 1.37 bits per heavy atom. The normalized spacial score (nSPS) is 9.68. The fourth-order valence-electron chi connectivity index (χ4n) is 1.58. The molecule has 0 aliphatic heterocycles. The lowest BCUT2D eigenvalue weighted by atomic mass is 10.1. The largest absolute Gasteiger partial charge is 0.478 e. The van der Waals surface area contributed by atoms with E-state index in [1.165, 1.54) is 18.3 Å². The number of carboxylic acids is 1. The summed E-state index contributed by atoms with van der Waals surface area (Å²) in [4.78, 5) is 15.0. The number of hydrogen-bond acceptors (Lipinski definition) is 4. The summed E-state index contributed by atoms with van der Waals surface area (Å²) in [5.41, 5.74) is 1.04. The number of para-hydroxylation sites is 1. The van der Waals surface area contributed by atoms with Crippen LogP contribution < -0.4 is 4.74 Å². The zero-order valence-electron chi connectivity index (χ0n) is 10.1. The molecular weight excluding hydrogens is 244 g/mol. The molecule has 0 radical (unpaired) electrons. The van der Waals surface area contributed by atoms with Crippen LogP contribution in [0.3, 0.4) is 0 Å². The molecule has 1 aromatic carbocycles. The van der Waals surface area contributed by atoms with Crippen LogP contribution in [0.5, 0.6) is 11.6 Å². The maximum Gasteiger partial charge on any atom is 0.339 e. The first kappa shape index (κ1) is 12.6.